The third kappa shape index (κ3) is 21.1. The van der Waals surface area contributed by atoms with E-state index in [0.29, 0.717) is 122 Å². The van der Waals surface area contributed by atoms with Gasteiger partial charge in [0.05, 0.1) is 108 Å². The van der Waals surface area contributed by atoms with E-state index >= 15 is 4.39 Å². The van der Waals surface area contributed by atoms with Crippen LogP contribution in [0.1, 0.15) is 24.8 Å². The van der Waals surface area contributed by atoms with E-state index in [0.717, 1.165) is 51.8 Å². The second-order valence-electron chi connectivity index (χ2n) is 20.5. The number of H-pyrrole nitrogens is 1. The van der Waals surface area contributed by atoms with Gasteiger partial charge < -0.3 is 65.0 Å². The number of piperidine rings is 1. The molecule has 5 heterocycles. The molecule has 2 aromatic carbocycles. The summed E-state index contributed by atoms with van der Waals surface area (Å²) in [6.07, 6.45) is 3.64. The number of carboxylic acid groups (broad SMARTS) is 3. The van der Waals surface area contributed by atoms with Crippen molar-refractivity contribution in [1.82, 2.24) is 44.8 Å². The molecule has 82 heavy (non-hydrogen) atoms. The molecular weight excluding hydrogens is 1190 g/mol. The number of hydrogen-bond acceptors (Lipinski definition) is 18. The van der Waals surface area contributed by atoms with Gasteiger partial charge in [0.2, 0.25) is 11.8 Å². The summed E-state index contributed by atoms with van der Waals surface area (Å²) >= 11 is 6.41. The van der Waals surface area contributed by atoms with Gasteiger partial charge in [-0.05, 0) is 61.2 Å². The maximum Gasteiger partial charge on any atom is 0.317 e. The number of anilines is 2. The summed E-state index contributed by atoms with van der Waals surface area (Å²) in [6, 6.07) is 10.6. The first-order valence-electron chi connectivity index (χ1n) is 27.7. The second kappa shape index (κ2) is 33.9. The smallest absolute Gasteiger partial charge is 0.317 e. The van der Waals surface area contributed by atoms with Crippen LogP contribution in [0.25, 0.3) is 33.5 Å². The van der Waals surface area contributed by atoms with Crippen LogP contribution in [0.3, 0.4) is 0 Å². The van der Waals surface area contributed by atoms with Crippen molar-refractivity contribution in [1.29, 1.82) is 0 Å². The van der Waals surface area contributed by atoms with Crippen molar-refractivity contribution >= 4 is 89.7 Å². The molecule has 0 bridgehead atoms. The second-order valence-corrected chi connectivity index (χ2v) is 20.9. The van der Waals surface area contributed by atoms with Gasteiger partial charge >= 0.3 is 17.9 Å². The van der Waals surface area contributed by atoms with E-state index in [1.807, 2.05) is 41.1 Å². The topological polar surface area (TPSA) is 285 Å². The fourth-order valence-electron chi connectivity index (χ4n) is 10.2. The molecular formula is C55H78ClFInN12O12. The molecule has 3 fully saturated rings. The molecule has 3 radical (unpaired) electrons. The first-order valence-corrected chi connectivity index (χ1v) is 28.1. The van der Waals surface area contributed by atoms with Gasteiger partial charge in [-0.25, -0.2) is 14.4 Å². The fourth-order valence-corrected chi connectivity index (χ4v) is 10.3. The number of aromatic amines is 1. The van der Waals surface area contributed by atoms with Crippen LogP contribution in [0.2, 0.25) is 5.02 Å². The van der Waals surface area contributed by atoms with Gasteiger partial charge in [-0.1, -0.05) is 17.7 Å². The summed E-state index contributed by atoms with van der Waals surface area (Å²) in [5.41, 5.74) is 11.9. The Hall–Kier alpha value is -5.26. The third-order valence-corrected chi connectivity index (χ3v) is 14.6. The number of piperazine rings is 1. The van der Waals surface area contributed by atoms with E-state index in [1.165, 1.54) is 6.07 Å². The van der Waals surface area contributed by atoms with Crippen LogP contribution < -0.4 is 20.9 Å². The van der Waals surface area contributed by atoms with Crippen LogP contribution >= 0.6 is 11.6 Å². The normalized spacial score (nSPS) is 16.9. The van der Waals surface area contributed by atoms with Crippen LogP contribution in [0, 0.1) is 12.7 Å². The molecule has 0 unspecified atom stereocenters. The van der Waals surface area contributed by atoms with Gasteiger partial charge in [0.25, 0.3) is 0 Å². The summed E-state index contributed by atoms with van der Waals surface area (Å²) in [5.74, 6) is -2.34. The van der Waals surface area contributed by atoms with Crippen LogP contribution in [-0.4, -0.2) is 294 Å². The minimum atomic E-state index is -1.03. The summed E-state index contributed by atoms with van der Waals surface area (Å²) < 4.78 is 37.6. The number of pyridine rings is 1. The quantitative estimate of drug-likeness (QED) is 0.0463. The van der Waals surface area contributed by atoms with Gasteiger partial charge in [0.1, 0.15) is 17.5 Å². The van der Waals surface area contributed by atoms with Gasteiger partial charge in [-0.3, -0.25) is 43.6 Å². The molecule has 7 N–H and O–H groups in total. The van der Waals surface area contributed by atoms with E-state index in [-0.39, 0.29) is 128 Å². The Labute approximate surface area is 501 Å². The molecule has 447 valence electrons. The number of halogens is 2. The molecule has 27 heteroatoms. The van der Waals surface area contributed by atoms with Gasteiger partial charge in [0.15, 0.2) is 0 Å². The Morgan fingerprint density at radius 1 is 0.683 bits per heavy atom. The predicted octanol–water partition coefficient (Wildman–Crippen LogP) is 1.64. The maximum atomic E-state index is 15.0. The summed E-state index contributed by atoms with van der Waals surface area (Å²) in [7, 11) is 0. The van der Waals surface area contributed by atoms with Crippen molar-refractivity contribution in [3.8, 4) is 22.5 Å². The van der Waals surface area contributed by atoms with E-state index in [9.17, 15) is 39.3 Å². The standard InChI is InChI=1S/C55H78ClFN12O12.In/c1-39-30-40(32-42(57)31-39)44-34-60-55(52(53(44)68-8-4-43(58)5-9-68)54-61-45-3-2-41(56)33-46(45)62-54)69-20-18-67(19-21-69)48(71)6-22-78-24-26-80-28-29-81-27-25-79-23-7-59-47(70)35-63-10-12-64(36-49(72)73)14-16-66(38-51(76)77)17-15-65(13-11-63)37-50(74)75;/h2-3,30-34,43H,4-29,35-38,58H2,1H3,(H,59,70)(H,61,62)(H,72,73)(H,74,75)(H,76,77);. The van der Waals surface area contributed by atoms with E-state index in [1.54, 1.807) is 26.8 Å². The Bertz CT molecular complexity index is 2670. The van der Waals surface area contributed by atoms with Crippen molar-refractivity contribution < 1.29 is 62.6 Å². The number of nitrogens with zero attached hydrogens (tertiary/aromatic N) is 9. The molecule has 2 aromatic heterocycles. The molecule has 7 rings (SSSR count). The van der Waals surface area contributed by atoms with Crippen LogP contribution in [0.4, 0.5) is 15.9 Å². The number of aromatic nitrogens is 3. The molecule has 4 aromatic rings. The van der Waals surface area contributed by atoms with Crippen molar-refractivity contribution in [3.05, 3.63) is 59.0 Å². The molecule has 24 nitrogen and oxygen atoms in total. The average Bonchev–Trinajstić information content (AvgIpc) is 3.92. The number of carboxylic acids is 3. The summed E-state index contributed by atoms with van der Waals surface area (Å²) in [6.45, 7) is 9.73. The Morgan fingerprint density at radius 3 is 1.74 bits per heavy atom. The molecule has 0 saturated carbocycles. The number of hydrogen-bond donors (Lipinski definition) is 6. The van der Waals surface area contributed by atoms with Gasteiger partial charge in [0, 0.05) is 147 Å². The first-order chi connectivity index (χ1) is 39.1. The molecule has 0 aliphatic carbocycles. The number of nitrogens with one attached hydrogen (secondary N) is 2. The van der Waals surface area contributed by atoms with Crippen molar-refractivity contribution in [2.45, 2.75) is 32.2 Å². The number of rotatable bonds is 27. The number of aryl methyl sites for hydroxylation is 1. The van der Waals surface area contributed by atoms with Gasteiger partial charge in [-0.15, -0.1) is 0 Å². The van der Waals surface area contributed by atoms with Crippen molar-refractivity contribution in [2.75, 3.05) is 187 Å². The zero-order valence-corrected chi connectivity index (χ0v) is 50.8. The number of ether oxygens (including phenoxy) is 4. The SMILES string of the molecule is Cc1cc(F)cc(-c2cnc(N3CCN(C(=O)CCOCCOCCOCCOCCNC(=O)CN4CCN(CC(=O)O)CCN(CC(=O)O)CCN(CC(=O)O)CC4)CC3)c(-c3nc4ccc(Cl)cc4[nH]3)c2N2CCC(N)CC2)c1.[In]. The fraction of sp³-hybridized carbons (Fsp3) is 0.582. The van der Waals surface area contributed by atoms with Crippen LogP contribution in [0.5, 0.6) is 0 Å². The van der Waals surface area contributed by atoms with Gasteiger partial charge in [-0.2, -0.15) is 0 Å². The number of nitrogens with two attached hydrogens (primary N) is 1. The number of aliphatic carboxylic acids is 3. The number of imidazole rings is 1. The van der Waals surface area contributed by atoms with E-state index < -0.39 is 17.9 Å². The monoisotopic (exact) mass is 1270 g/mol. The Kier molecular flexibility index (Phi) is 27.2. The molecule has 0 spiro atoms. The van der Waals surface area contributed by atoms with Crippen LogP contribution in [-0.2, 0) is 42.9 Å². The molecule has 3 saturated heterocycles. The van der Waals surface area contributed by atoms with Crippen molar-refractivity contribution in [2.24, 2.45) is 5.73 Å². The number of fused-ring (bicyclic) bond motifs is 1. The van der Waals surface area contributed by atoms with E-state index in [2.05, 4.69) is 20.1 Å². The molecule has 0 atom stereocenters. The zero-order valence-electron chi connectivity index (χ0n) is 46.8. The number of benzene rings is 2. The Balaban J connectivity index is 0.0000108. The minimum absolute atomic E-state index is 0. The average molecular weight is 1270 g/mol. The summed E-state index contributed by atoms with van der Waals surface area (Å²) in [5, 5.41) is 31.7. The number of carbonyl (C=O) groups excluding carboxylic acids is 2. The van der Waals surface area contributed by atoms with Crippen molar-refractivity contribution in [3.63, 3.8) is 0 Å². The number of carbonyl (C=O) groups is 5. The molecule has 3 aliphatic heterocycles. The zero-order chi connectivity index (χ0) is 57.7. The van der Waals surface area contributed by atoms with E-state index in [4.69, 9.17) is 46.3 Å². The predicted molar refractivity (Wildman–Crippen MR) is 308 cm³/mol. The first kappa shape index (κ1) is 65.9. The third-order valence-electron chi connectivity index (χ3n) is 14.4. The minimum Gasteiger partial charge on any atom is -0.480 e. The largest absolute Gasteiger partial charge is 0.480 e. The summed E-state index contributed by atoms with van der Waals surface area (Å²) in [4.78, 5) is 87.8. The molecule has 2 amide bonds. The van der Waals surface area contributed by atoms with Crippen LogP contribution in [0.15, 0.2) is 42.6 Å². The molecule has 3 aliphatic rings. The Morgan fingerprint density at radius 2 is 1.21 bits per heavy atom. The number of amides is 2. The maximum absolute atomic E-state index is 15.0.